The lowest BCUT2D eigenvalue weighted by Gasteiger charge is -2.39. The Labute approximate surface area is 198 Å². The van der Waals surface area contributed by atoms with Gasteiger partial charge in [-0.05, 0) is 42.0 Å². The van der Waals surface area contributed by atoms with Gasteiger partial charge in [-0.2, -0.15) is 0 Å². The summed E-state index contributed by atoms with van der Waals surface area (Å²) in [5.41, 5.74) is 3.17. The molecule has 168 valence electrons. The maximum absolute atomic E-state index is 6.18. The number of anilines is 1. The molecule has 0 saturated carbocycles. The normalized spacial score (nSPS) is 15.4. The number of piperazine rings is 1. The van der Waals surface area contributed by atoms with E-state index in [2.05, 4.69) is 44.3 Å². The Morgan fingerprint density at radius 3 is 2.36 bits per heavy atom. The zero-order chi connectivity index (χ0) is 22.6. The van der Waals surface area contributed by atoms with Crippen molar-refractivity contribution in [3.05, 3.63) is 95.3 Å². The summed E-state index contributed by atoms with van der Waals surface area (Å²) in [6.07, 6.45) is 0. The Morgan fingerprint density at radius 1 is 0.879 bits per heavy atom. The SMILES string of the molecule is COc1cccc(N2CCN([C@H](c3ccccc3)c3nnc(-c4ccc(Cl)cc4)o3)CC2)c1. The first-order valence-electron chi connectivity index (χ1n) is 11.0. The quantitative estimate of drug-likeness (QED) is 0.388. The molecule has 0 bridgehead atoms. The molecule has 0 amide bonds. The van der Waals surface area contributed by atoms with Crippen molar-refractivity contribution < 1.29 is 9.15 Å². The fraction of sp³-hybridized carbons (Fsp3) is 0.231. The smallest absolute Gasteiger partial charge is 0.247 e. The molecule has 3 aromatic carbocycles. The van der Waals surface area contributed by atoms with Crippen LogP contribution < -0.4 is 9.64 Å². The van der Waals surface area contributed by atoms with Crippen LogP contribution in [0.1, 0.15) is 17.5 Å². The Balaban J connectivity index is 1.39. The second-order valence-electron chi connectivity index (χ2n) is 7.99. The van der Waals surface area contributed by atoms with Crippen LogP contribution in [0, 0.1) is 0 Å². The van der Waals surface area contributed by atoms with Gasteiger partial charge in [-0.15, -0.1) is 10.2 Å². The van der Waals surface area contributed by atoms with E-state index in [1.165, 1.54) is 5.69 Å². The Hall–Kier alpha value is -3.35. The van der Waals surface area contributed by atoms with Gasteiger partial charge < -0.3 is 14.1 Å². The molecule has 0 spiro atoms. The molecule has 0 radical (unpaired) electrons. The predicted octanol–water partition coefficient (Wildman–Crippen LogP) is 5.31. The summed E-state index contributed by atoms with van der Waals surface area (Å²) in [5, 5.41) is 9.45. The number of hydrogen-bond acceptors (Lipinski definition) is 6. The molecule has 1 aliphatic heterocycles. The summed E-state index contributed by atoms with van der Waals surface area (Å²) in [6.45, 7) is 3.54. The van der Waals surface area contributed by atoms with E-state index in [-0.39, 0.29) is 6.04 Å². The van der Waals surface area contributed by atoms with Crippen molar-refractivity contribution in [1.82, 2.24) is 15.1 Å². The Bertz CT molecular complexity index is 1190. The summed E-state index contributed by atoms with van der Waals surface area (Å²) in [4.78, 5) is 4.79. The van der Waals surface area contributed by atoms with Crippen molar-refractivity contribution in [3.63, 3.8) is 0 Å². The predicted molar refractivity (Wildman–Crippen MR) is 130 cm³/mol. The maximum atomic E-state index is 6.18. The summed E-state index contributed by atoms with van der Waals surface area (Å²) in [7, 11) is 1.70. The van der Waals surface area contributed by atoms with Crippen molar-refractivity contribution in [3.8, 4) is 17.2 Å². The van der Waals surface area contributed by atoms with E-state index in [9.17, 15) is 0 Å². The first kappa shape index (κ1) is 21.5. The highest BCUT2D eigenvalue weighted by atomic mass is 35.5. The van der Waals surface area contributed by atoms with Gasteiger partial charge in [0.05, 0.1) is 7.11 Å². The minimum Gasteiger partial charge on any atom is -0.497 e. The van der Waals surface area contributed by atoms with E-state index in [0.717, 1.165) is 43.1 Å². The van der Waals surface area contributed by atoms with Crippen molar-refractivity contribution in [2.75, 3.05) is 38.2 Å². The first-order chi connectivity index (χ1) is 16.2. The van der Waals surface area contributed by atoms with Crippen LogP contribution >= 0.6 is 11.6 Å². The zero-order valence-electron chi connectivity index (χ0n) is 18.4. The summed E-state index contributed by atoms with van der Waals surface area (Å²) >= 11 is 6.03. The summed E-state index contributed by atoms with van der Waals surface area (Å²) in [6, 6.07) is 25.9. The van der Waals surface area contributed by atoms with Crippen LogP contribution in [0.15, 0.2) is 83.3 Å². The molecule has 0 unspecified atom stereocenters. The van der Waals surface area contributed by atoms with Crippen LogP contribution in [0.4, 0.5) is 5.69 Å². The Morgan fingerprint density at radius 2 is 1.64 bits per heavy atom. The standard InChI is InChI=1S/C26H25ClN4O2/c1-32-23-9-5-8-22(18-23)30-14-16-31(17-15-30)24(19-6-3-2-4-7-19)26-29-28-25(33-26)20-10-12-21(27)13-11-20/h2-13,18,24H,14-17H2,1H3/t24-/m1/s1. The Kier molecular flexibility index (Phi) is 6.28. The van der Waals surface area contributed by atoms with Gasteiger partial charge in [-0.25, -0.2) is 0 Å². The highest BCUT2D eigenvalue weighted by Gasteiger charge is 2.30. The molecule has 6 nitrogen and oxygen atoms in total. The van der Waals surface area contributed by atoms with Gasteiger partial charge in [0, 0.05) is 48.5 Å². The number of methoxy groups -OCH3 is 1. The van der Waals surface area contributed by atoms with Crippen LogP contribution in [0.5, 0.6) is 5.75 Å². The molecule has 5 rings (SSSR count). The van der Waals surface area contributed by atoms with E-state index in [4.69, 9.17) is 20.8 Å². The minimum absolute atomic E-state index is 0.104. The average molecular weight is 461 g/mol. The van der Waals surface area contributed by atoms with Crippen LogP contribution in [0.2, 0.25) is 5.02 Å². The fourth-order valence-corrected chi connectivity index (χ4v) is 4.37. The lowest BCUT2D eigenvalue weighted by molar-refractivity contribution is 0.188. The van der Waals surface area contributed by atoms with Gasteiger partial charge in [0.1, 0.15) is 11.8 Å². The molecule has 7 heteroatoms. The van der Waals surface area contributed by atoms with Gasteiger partial charge in [0.25, 0.3) is 0 Å². The van der Waals surface area contributed by atoms with Crippen LogP contribution in [0.3, 0.4) is 0 Å². The van der Waals surface area contributed by atoms with E-state index < -0.39 is 0 Å². The molecule has 4 aromatic rings. The van der Waals surface area contributed by atoms with Crippen LogP contribution in [-0.2, 0) is 0 Å². The largest absolute Gasteiger partial charge is 0.497 e. The van der Waals surface area contributed by atoms with E-state index >= 15 is 0 Å². The lowest BCUT2D eigenvalue weighted by atomic mass is 10.0. The molecule has 1 atom stereocenters. The van der Waals surface area contributed by atoms with Crippen molar-refractivity contribution in [1.29, 1.82) is 0 Å². The number of halogens is 1. The third-order valence-corrected chi connectivity index (χ3v) is 6.23. The van der Waals surface area contributed by atoms with Gasteiger partial charge in [0.15, 0.2) is 0 Å². The lowest BCUT2D eigenvalue weighted by Crippen LogP contribution is -2.48. The number of hydrogen-bond donors (Lipinski definition) is 0. The fourth-order valence-electron chi connectivity index (χ4n) is 4.24. The monoisotopic (exact) mass is 460 g/mol. The van der Waals surface area contributed by atoms with Crippen LogP contribution in [-0.4, -0.2) is 48.4 Å². The molecular weight excluding hydrogens is 436 g/mol. The summed E-state index contributed by atoms with van der Waals surface area (Å²) < 4.78 is 11.6. The molecule has 0 N–H and O–H groups in total. The van der Waals surface area contributed by atoms with E-state index in [0.29, 0.717) is 16.8 Å². The molecule has 0 aliphatic carbocycles. The second kappa shape index (κ2) is 9.65. The van der Waals surface area contributed by atoms with Gasteiger partial charge in [-0.3, -0.25) is 4.90 Å². The van der Waals surface area contributed by atoms with E-state index in [1.807, 2.05) is 54.6 Å². The number of aromatic nitrogens is 2. The average Bonchev–Trinajstić information content (AvgIpc) is 3.35. The molecule has 1 aromatic heterocycles. The second-order valence-corrected chi connectivity index (χ2v) is 8.43. The topological polar surface area (TPSA) is 54.6 Å². The third kappa shape index (κ3) is 4.72. The number of ether oxygens (including phenoxy) is 1. The van der Waals surface area contributed by atoms with Gasteiger partial charge in [0.2, 0.25) is 11.8 Å². The summed E-state index contributed by atoms with van der Waals surface area (Å²) in [5.74, 6) is 1.97. The highest BCUT2D eigenvalue weighted by Crippen LogP contribution is 2.32. The maximum Gasteiger partial charge on any atom is 0.247 e. The van der Waals surface area contributed by atoms with E-state index in [1.54, 1.807) is 7.11 Å². The zero-order valence-corrected chi connectivity index (χ0v) is 19.2. The first-order valence-corrected chi connectivity index (χ1v) is 11.4. The molecule has 1 aliphatic rings. The highest BCUT2D eigenvalue weighted by molar-refractivity contribution is 6.30. The van der Waals surface area contributed by atoms with Gasteiger partial charge >= 0.3 is 0 Å². The molecule has 1 fully saturated rings. The molecule has 2 heterocycles. The molecule has 1 saturated heterocycles. The number of nitrogens with zero attached hydrogens (tertiary/aromatic N) is 4. The number of rotatable bonds is 6. The minimum atomic E-state index is -0.104. The van der Waals surface area contributed by atoms with Crippen LogP contribution in [0.25, 0.3) is 11.5 Å². The molecular formula is C26H25ClN4O2. The number of benzene rings is 3. The van der Waals surface area contributed by atoms with Gasteiger partial charge in [-0.1, -0.05) is 48.0 Å². The van der Waals surface area contributed by atoms with Crippen molar-refractivity contribution in [2.24, 2.45) is 0 Å². The third-order valence-electron chi connectivity index (χ3n) is 5.98. The van der Waals surface area contributed by atoms with Crippen molar-refractivity contribution >= 4 is 17.3 Å². The molecule has 33 heavy (non-hydrogen) atoms. The van der Waals surface area contributed by atoms with Crippen molar-refractivity contribution in [2.45, 2.75) is 6.04 Å².